The molecule has 0 aromatic heterocycles. The number of para-hydroxylation sites is 2. The van der Waals surface area contributed by atoms with Crippen molar-refractivity contribution in [2.75, 3.05) is 35.6 Å². The molecule has 0 spiro atoms. The molecule has 1 saturated heterocycles. The molecule has 0 radical (unpaired) electrons. The van der Waals surface area contributed by atoms with Gasteiger partial charge in [0.25, 0.3) is 0 Å². The van der Waals surface area contributed by atoms with Crippen LogP contribution in [0.3, 0.4) is 0 Å². The number of anilines is 2. The van der Waals surface area contributed by atoms with Gasteiger partial charge >= 0.3 is 0 Å². The quantitative estimate of drug-likeness (QED) is 0.784. The van der Waals surface area contributed by atoms with Gasteiger partial charge in [-0.2, -0.15) is 0 Å². The van der Waals surface area contributed by atoms with E-state index in [0.29, 0.717) is 24.5 Å². The fraction of sp³-hybridized carbons (Fsp3) is 0.462. The maximum absolute atomic E-state index is 12.2. The van der Waals surface area contributed by atoms with Crippen molar-refractivity contribution >= 4 is 27.1 Å². The minimum absolute atomic E-state index is 0.109. The zero-order chi connectivity index (χ0) is 14.8. The summed E-state index contributed by atoms with van der Waals surface area (Å²) in [6, 6.07) is 6.66. The van der Waals surface area contributed by atoms with E-state index >= 15 is 0 Å². The lowest BCUT2D eigenvalue weighted by atomic mass is 10.2. The van der Waals surface area contributed by atoms with Crippen LogP contribution in [-0.4, -0.2) is 49.9 Å². The van der Waals surface area contributed by atoms with Gasteiger partial charge in [-0.05, 0) is 19.1 Å². The lowest BCUT2D eigenvalue weighted by molar-refractivity contribution is -0.120. The zero-order valence-corrected chi connectivity index (χ0v) is 12.2. The topological polar surface area (TPSA) is 92.5 Å². The molecule has 1 unspecified atom stereocenters. The van der Waals surface area contributed by atoms with E-state index in [2.05, 4.69) is 5.32 Å². The Morgan fingerprint density at radius 3 is 2.50 bits per heavy atom. The molecule has 1 amide bonds. The SMILES string of the molecule is CC(C(=O)Nc1ccccc1N)N1CCS(=O)(=O)CC1. The van der Waals surface area contributed by atoms with Crippen LogP contribution in [-0.2, 0) is 14.6 Å². The Morgan fingerprint density at radius 1 is 1.30 bits per heavy atom. The van der Waals surface area contributed by atoms with Crippen molar-refractivity contribution in [3.63, 3.8) is 0 Å². The number of carbonyl (C=O) groups excluding carboxylic acids is 1. The molecular formula is C13H19N3O3S. The first-order valence-electron chi connectivity index (χ1n) is 6.49. The van der Waals surface area contributed by atoms with Gasteiger partial charge in [-0.3, -0.25) is 9.69 Å². The number of nitrogens with zero attached hydrogens (tertiary/aromatic N) is 1. The fourth-order valence-corrected chi connectivity index (χ4v) is 3.36. The summed E-state index contributed by atoms with van der Waals surface area (Å²) < 4.78 is 22.8. The molecule has 3 N–H and O–H groups in total. The molecule has 6 nitrogen and oxygen atoms in total. The van der Waals surface area contributed by atoms with E-state index in [1.54, 1.807) is 31.2 Å². The molecule has 1 aromatic rings. The average Bonchev–Trinajstić information content (AvgIpc) is 2.40. The second-order valence-electron chi connectivity index (χ2n) is 4.94. The van der Waals surface area contributed by atoms with Gasteiger partial charge in [0, 0.05) is 13.1 Å². The van der Waals surface area contributed by atoms with Crippen molar-refractivity contribution in [1.82, 2.24) is 4.90 Å². The van der Waals surface area contributed by atoms with Gasteiger partial charge in [0.2, 0.25) is 5.91 Å². The van der Waals surface area contributed by atoms with Crippen molar-refractivity contribution in [2.24, 2.45) is 0 Å². The number of rotatable bonds is 3. The molecule has 1 heterocycles. The Labute approximate surface area is 118 Å². The lowest BCUT2D eigenvalue weighted by Gasteiger charge is -2.31. The summed E-state index contributed by atoms with van der Waals surface area (Å²) in [4.78, 5) is 14.0. The number of nitrogen functional groups attached to an aromatic ring is 1. The van der Waals surface area contributed by atoms with Gasteiger partial charge < -0.3 is 11.1 Å². The Morgan fingerprint density at radius 2 is 1.90 bits per heavy atom. The highest BCUT2D eigenvalue weighted by molar-refractivity contribution is 7.91. The normalized spacial score (nSPS) is 20.2. The number of nitrogens with two attached hydrogens (primary N) is 1. The van der Waals surface area contributed by atoms with E-state index < -0.39 is 9.84 Å². The molecule has 0 saturated carbocycles. The molecule has 1 fully saturated rings. The molecular weight excluding hydrogens is 278 g/mol. The molecule has 2 rings (SSSR count). The fourth-order valence-electron chi connectivity index (χ4n) is 2.13. The van der Waals surface area contributed by atoms with Crippen LogP contribution in [0.2, 0.25) is 0 Å². The Hall–Kier alpha value is -1.60. The number of benzene rings is 1. The molecule has 1 aromatic carbocycles. The van der Waals surface area contributed by atoms with E-state index in [1.165, 1.54) is 0 Å². The third-order valence-corrected chi connectivity index (χ3v) is 5.13. The van der Waals surface area contributed by atoms with Crippen molar-refractivity contribution < 1.29 is 13.2 Å². The van der Waals surface area contributed by atoms with Gasteiger partial charge in [-0.1, -0.05) is 12.1 Å². The van der Waals surface area contributed by atoms with Gasteiger partial charge in [0.15, 0.2) is 9.84 Å². The van der Waals surface area contributed by atoms with Gasteiger partial charge in [0.05, 0.1) is 28.9 Å². The minimum Gasteiger partial charge on any atom is -0.397 e. The first-order valence-corrected chi connectivity index (χ1v) is 8.31. The Bertz CT molecular complexity index is 587. The summed E-state index contributed by atoms with van der Waals surface area (Å²) in [5.41, 5.74) is 6.86. The van der Waals surface area contributed by atoms with E-state index in [-0.39, 0.29) is 23.5 Å². The first-order chi connectivity index (χ1) is 9.39. The van der Waals surface area contributed by atoms with Crippen LogP contribution in [0.15, 0.2) is 24.3 Å². The number of amides is 1. The van der Waals surface area contributed by atoms with E-state index in [9.17, 15) is 13.2 Å². The predicted molar refractivity (Wildman–Crippen MR) is 79.2 cm³/mol. The number of nitrogens with one attached hydrogen (secondary N) is 1. The third-order valence-electron chi connectivity index (χ3n) is 3.52. The highest BCUT2D eigenvalue weighted by Gasteiger charge is 2.28. The van der Waals surface area contributed by atoms with Gasteiger partial charge in [-0.15, -0.1) is 0 Å². The maximum Gasteiger partial charge on any atom is 0.241 e. The molecule has 1 atom stereocenters. The number of sulfone groups is 1. The molecule has 0 bridgehead atoms. The highest BCUT2D eigenvalue weighted by Crippen LogP contribution is 2.18. The van der Waals surface area contributed by atoms with Crippen LogP contribution in [0.4, 0.5) is 11.4 Å². The number of hydrogen-bond acceptors (Lipinski definition) is 5. The standard InChI is InChI=1S/C13H19N3O3S/c1-10(16-6-8-20(18,19)9-7-16)13(17)15-12-5-3-2-4-11(12)14/h2-5,10H,6-9,14H2,1H3,(H,15,17). The zero-order valence-electron chi connectivity index (χ0n) is 11.4. The molecule has 20 heavy (non-hydrogen) atoms. The smallest absolute Gasteiger partial charge is 0.241 e. The van der Waals surface area contributed by atoms with Gasteiger partial charge in [-0.25, -0.2) is 8.42 Å². The maximum atomic E-state index is 12.2. The lowest BCUT2D eigenvalue weighted by Crippen LogP contribution is -2.49. The number of hydrogen-bond donors (Lipinski definition) is 2. The summed E-state index contributed by atoms with van der Waals surface area (Å²) in [7, 11) is -2.93. The molecule has 1 aliphatic heterocycles. The summed E-state index contributed by atoms with van der Waals surface area (Å²) in [6.45, 7) is 2.55. The summed E-state index contributed by atoms with van der Waals surface area (Å²) >= 11 is 0. The van der Waals surface area contributed by atoms with Crippen LogP contribution >= 0.6 is 0 Å². The highest BCUT2D eigenvalue weighted by atomic mass is 32.2. The van der Waals surface area contributed by atoms with Crippen molar-refractivity contribution in [3.8, 4) is 0 Å². The molecule has 7 heteroatoms. The molecule has 110 valence electrons. The predicted octanol–water partition coefficient (Wildman–Crippen LogP) is 0.326. The van der Waals surface area contributed by atoms with Crippen LogP contribution in [0.5, 0.6) is 0 Å². The second kappa shape index (κ2) is 5.80. The Balaban J connectivity index is 1.98. The van der Waals surface area contributed by atoms with Crippen LogP contribution in [0.25, 0.3) is 0 Å². The minimum atomic E-state index is -2.93. The third kappa shape index (κ3) is 3.49. The van der Waals surface area contributed by atoms with E-state index in [1.807, 2.05) is 4.90 Å². The summed E-state index contributed by atoms with van der Waals surface area (Å²) in [5.74, 6) is 0.0399. The second-order valence-corrected chi connectivity index (χ2v) is 7.24. The van der Waals surface area contributed by atoms with Crippen LogP contribution < -0.4 is 11.1 Å². The molecule has 1 aliphatic rings. The van der Waals surface area contributed by atoms with Crippen molar-refractivity contribution in [1.29, 1.82) is 0 Å². The largest absolute Gasteiger partial charge is 0.397 e. The van der Waals surface area contributed by atoms with E-state index in [4.69, 9.17) is 5.73 Å². The van der Waals surface area contributed by atoms with Crippen molar-refractivity contribution in [3.05, 3.63) is 24.3 Å². The van der Waals surface area contributed by atoms with Gasteiger partial charge in [0.1, 0.15) is 0 Å². The van der Waals surface area contributed by atoms with Crippen LogP contribution in [0, 0.1) is 0 Å². The van der Waals surface area contributed by atoms with Crippen molar-refractivity contribution in [2.45, 2.75) is 13.0 Å². The first kappa shape index (κ1) is 14.8. The Kier molecular flexibility index (Phi) is 4.29. The molecule has 0 aliphatic carbocycles. The monoisotopic (exact) mass is 297 g/mol. The summed E-state index contributed by atoms with van der Waals surface area (Å²) in [6.07, 6.45) is 0. The van der Waals surface area contributed by atoms with E-state index in [0.717, 1.165) is 0 Å². The van der Waals surface area contributed by atoms with Crippen LogP contribution in [0.1, 0.15) is 6.92 Å². The summed E-state index contributed by atoms with van der Waals surface area (Å²) in [5, 5.41) is 2.77. The number of carbonyl (C=O) groups is 1. The average molecular weight is 297 g/mol.